The highest BCUT2D eigenvalue weighted by Crippen LogP contribution is 2.12. The van der Waals surface area contributed by atoms with Crippen LogP contribution >= 0.6 is 11.6 Å². The quantitative estimate of drug-likeness (QED) is 0.819. The molecule has 2 rings (SSSR count). The highest BCUT2D eigenvalue weighted by Gasteiger charge is 2.04. The average Bonchev–Trinajstić information content (AvgIpc) is 2.70. The van der Waals surface area contributed by atoms with Crippen LogP contribution in [0.15, 0.2) is 30.5 Å². The Bertz CT molecular complexity index is 459. The third-order valence-corrected chi connectivity index (χ3v) is 2.66. The molecule has 0 aliphatic rings. The molecule has 0 spiro atoms. The van der Waals surface area contributed by atoms with E-state index in [4.69, 9.17) is 11.6 Å². The van der Waals surface area contributed by atoms with Crippen molar-refractivity contribution in [2.24, 2.45) is 0 Å². The van der Waals surface area contributed by atoms with Gasteiger partial charge in [0.1, 0.15) is 0 Å². The van der Waals surface area contributed by atoms with Gasteiger partial charge in [-0.1, -0.05) is 42.8 Å². The molecule has 1 heterocycles. The molecule has 0 saturated carbocycles. The van der Waals surface area contributed by atoms with E-state index in [9.17, 15) is 0 Å². The van der Waals surface area contributed by atoms with Crippen molar-refractivity contribution < 1.29 is 0 Å². The fraction of sp³-hybridized carbons (Fsp3) is 0.333. The molecule has 3 nitrogen and oxygen atoms in total. The van der Waals surface area contributed by atoms with E-state index < -0.39 is 0 Å². The molecule has 84 valence electrons. The highest BCUT2D eigenvalue weighted by molar-refractivity contribution is 6.30. The first-order valence-corrected chi connectivity index (χ1v) is 5.67. The molecule has 0 saturated heterocycles. The lowest BCUT2D eigenvalue weighted by Gasteiger charge is -2.00. The molecule has 0 amide bonds. The fourth-order valence-electron chi connectivity index (χ4n) is 1.43. The van der Waals surface area contributed by atoms with Gasteiger partial charge in [-0.25, -0.2) is 4.68 Å². The second-order valence-corrected chi connectivity index (χ2v) is 4.56. The second kappa shape index (κ2) is 4.66. The first kappa shape index (κ1) is 11.1. The number of rotatable bonds is 3. The van der Waals surface area contributed by atoms with Gasteiger partial charge in [0.15, 0.2) is 0 Å². The molecule has 0 unspecified atom stereocenters. The van der Waals surface area contributed by atoms with Crippen LogP contribution in [0.3, 0.4) is 0 Å². The van der Waals surface area contributed by atoms with Crippen molar-refractivity contribution in [3.63, 3.8) is 0 Å². The maximum Gasteiger partial charge on any atom is 0.0852 e. The SMILES string of the molecule is CC(C)c1cn(Cc2ccc(Cl)cc2)nn1. The molecule has 0 bridgehead atoms. The largest absolute Gasteiger partial charge is 0.248 e. The van der Waals surface area contributed by atoms with Gasteiger partial charge in [0.25, 0.3) is 0 Å². The van der Waals surface area contributed by atoms with Gasteiger partial charge in [-0.05, 0) is 23.6 Å². The molecule has 0 atom stereocenters. The van der Waals surface area contributed by atoms with Crippen LogP contribution < -0.4 is 0 Å². The molecule has 0 radical (unpaired) electrons. The Morgan fingerprint density at radius 2 is 1.94 bits per heavy atom. The van der Waals surface area contributed by atoms with Gasteiger partial charge in [-0.3, -0.25) is 0 Å². The number of aromatic nitrogens is 3. The minimum Gasteiger partial charge on any atom is -0.248 e. The van der Waals surface area contributed by atoms with Crippen molar-refractivity contribution in [2.45, 2.75) is 26.3 Å². The smallest absolute Gasteiger partial charge is 0.0852 e. The van der Waals surface area contributed by atoms with Crippen molar-refractivity contribution in [2.75, 3.05) is 0 Å². The van der Waals surface area contributed by atoms with Crippen LogP contribution in [0.25, 0.3) is 0 Å². The molecule has 1 aromatic carbocycles. The summed E-state index contributed by atoms with van der Waals surface area (Å²) in [6.07, 6.45) is 1.99. The number of hydrogen-bond acceptors (Lipinski definition) is 2. The average molecular weight is 236 g/mol. The van der Waals surface area contributed by atoms with Crippen LogP contribution in [-0.2, 0) is 6.54 Å². The van der Waals surface area contributed by atoms with E-state index in [0.717, 1.165) is 17.3 Å². The Hall–Kier alpha value is -1.35. The van der Waals surface area contributed by atoms with Crippen molar-refractivity contribution in [3.8, 4) is 0 Å². The first-order valence-electron chi connectivity index (χ1n) is 5.29. The summed E-state index contributed by atoms with van der Waals surface area (Å²) in [7, 11) is 0. The predicted octanol–water partition coefficient (Wildman–Crippen LogP) is 3.10. The minimum atomic E-state index is 0.416. The van der Waals surface area contributed by atoms with Crippen LogP contribution in [-0.4, -0.2) is 15.0 Å². The zero-order valence-corrected chi connectivity index (χ0v) is 10.1. The maximum absolute atomic E-state index is 5.83. The number of halogens is 1. The number of benzene rings is 1. The van der Waals surface area contributed by atoms with Gasteiger partial charge in [0.2, 0.25) is 0 Å². The third kappa shape index (κ3) is 2.61. The molecule has 0 aliphatic carbocycles. The molecular formula is C12H14ClN3. The molecule has 2 aromatic rings. The van der Waals surface area contributed by atoms with Gasteiger partial charge in [0, 0.05) is 11.2 Å². The van der Waals surface area contributed by atoms with Crippen molar-refractivity contribution in [1.29, 1.82) is 0 Å². The summed E-state index contributed by atoms with van der Waals surface area (Å²) >= 11 is 5.83. The molecule has 16 heavy (non-hydrogen) atoms. The maximum atomic E-state index is 5.83. The Labute approximate surface area is 100 Å². The lowest BCUT2D eigenvalue weighted by Crippen LogP contribution is -2.00. The Morgan fingerprint density at radius 1 is 1.25 bits per heavy atom. The van der Waals surface area contributed by atoms with E-state index in [2.05, 4.69) is 24.2 Å². The molecule has 0 aliphatic heterocycles. The summed E-state index contributed by atoms with van der Waals surface area (Å²) < 4.78 is 1.85. The van der Waals surface area contributed by atoms with Crippen LogP contribution in [0.2, 0.25) is 5.02 Å². The lowest BCUT2D eigenvalue weighted by atomic mass is 10.1. The zero-order chi connectivity index (χ0) is 11.5. The summed E-state index contributed by atoms with van der Waals surface area (Å²) in [5, 5.41) is 8.96. The zero-order valence-electron chi connectivity index (χ0n) is 9.39. The van der Waals surface area contributed by atoms with Gasteiger partial charge in [-0.15, -0.1) is 5.10 Å². The number of nitrogens with zero attached hydrogens (tertiary/aromatic N) is 3. The Balaban J connectivity index is 2.11. The fourth-order valence-corrected chi connectivity index (χ4v) is 1.56. The van der Waals surface area contributed by atoms with Crippen molar-refractivity contribution in [1.82, 2.24) is 15.0 Å². The van der Waals surface area contributed by atoms with E-state index in [1.807, 2.05) is 35.1 Å². The van der Waals surface area contributed by atoms with E-state index in [1.165, 1.54) is 5.56 Å². The van der Waals surface area contributed by atoms with E-state index in [0.29, 0.717) is 5.92 Å². The standard InChI is InChI=1S/C12H14ClN3/c1-9(2)12-8-16(15-14-12)7-10-3-5-11(13)6-4-10/h3-6,8-9H,7H2,1-2H3. The van der Waals surface area contributed by atoms with Gasteiger partial charge >= 0.3 is 0 Å². The first-order chi connectivity index (χ1) is 7.65. The summed E-state index contributed by atoms with van der Waals surface area (Å²) in [5.74, 6) is 0.416. The molecule has 0 fully saturated rings. The van der Waals surface area contributed by atoms with Gasteiger partial charge in [0.05, 0.1) is 12.2 Å². The normalized spacial score (nSPS) is 11.0. The molecule has 0 N–H and O–H groups in total. The monoisotopic (exact) mass is 235 g/mol. The Morgan fingerprint density at radius 3 is 2.50 bits per heavy atom. The summed E-state index contributed by atoms with van der Waals surface area (Å²) in [4.78, 5) is 0. The van der Waals surface area contributed by atoms with E-state index >= 15 is 0 Å². The topological polar surface area (TPSA) is 30.7 Å². The van der Waals surface area contributed by atoms with Crippen molar-refractivity contribution >= 4 is 11.6 Å². The van der Waals surface area contributed by atoms with Crippen LogP contribution in [0.5, 0.6) is 0 Å². The van der Waals surface area contributed by atoms with E-state index in [1.54, 1.807) is 0 Å². The predicted molar refractivity (Wildman–Crippen MR) is 64.7 cm³/mol. The van der Waals surface area contributed by atoms with E-state index in [-0.39, 0.29) is 0 Å². The molecular weight excluding hydrogens is 222 g/mol. The van der Waals surface area contributed by atoms with Crippen LogP contribution in [0, 0.1) is 0 Å². The molecule has 4 heteroatoms. The van der Waals surface area contributed by atoms with Crippen molar-refractivity contribution in [3.05, 3.63) is 46.7 Å². The van der Waals surface area contributed by atoms with Gasteiger partial charge in [-0.2, -0.15) is 0 Å². The van der Waals surface area contributed by atoms with Crippen LogP contribution in [0.4, 0.5) is 0 Å². The second-order valence-electron chi connectivity index (χ2n) is 4.12. The van der Waals surface area contributed by atoms with Crippen LogP contribution in [0.1, 0.15) is 31.0 Å². The Kier molecular flexibility index (Phi) is 3.25. The third-order valence-electron chi connectivity index (χ3n) is 2.41. The molecule has 1 aromatic heterocycles. The lowest BCUT2D eigenvalue weighted by molar-refractivity contribution is 0.648. The summed E-state index contributed by atoms with van der Waals surface area (Å²) in [6, 6.07) is 7.77. The number of hydrogen-bond donors (Lipinski definition) is 0. The summed E-state index contributed by atoms with van der Waals surface area (Å²) in [5.41, 5.74) is 2.19. The minimum absolute atomic E-state index is 0.416. The van der Waals surface area contributed by atoms with Gasteiger partial charge < -0.3 is 0 Å². The highest BCUT2D eigenvalue weighted by atomic mass is 35.5. The summed E-state index contributed by atoms with van der Waals surface area (Å²) in [6.45, 7) is 4.95.